The number of aromatic hydroxyl groups is 1. The minimum Gasteiger partial charge on any atom is -0.507 e. The van der Waals surface area contributed by atoms with E-state index in [4.69, 9.17) is 0 Å². The predicted octanol–water partition coefficient (Wildman–Crippen LogP) is 4.09. The number of carbonyl (C=O) groups is 1. The van der Waals surface area contributed by atoms with E-state index in [0.29, 0.717) is 12.2 Å². The van der Waals surface area contributed by atoms with Crippen LogP contribution >= 0.6 is 0 Å². The average Bonchev–Trinajstić information content (AvgIpc) is 2.33. The van der Waals surface area contributed by atoms with Gasteiger partial charge in [-0.2, -0.15) is 0 Å². The quantitative estimate of drug-likeness (QED) is 0.853. The molecule has 21 heavy (non-hydrogen) atoms. The van der Waals surface area contributed by atoms with Crippen LogP contribution in [0.5, 0.6) is 5.75 Å². The molecule has 0 atom stereocenters. The van der Waals surface area contributed by atoms with Gasteiger partial charge in [0.25, 0.3) is 0 Å². The summed E-state index contributed by atoms with van der Waals surface area (Å²) in [5, 5.41) is 10.7. The van der Waals surface area contributed by atoms with E-state index in [1.165, 1.54) is 7.11 Å². The van der Waals surface area contributed by atoms with Gasteiger partial charge in [0.2, 0.25) is 0 Å². The van der Waals surface area contributed by atoms with E-state index < -0.39 is 0 Å². The Labute approximate surface area is 128 Å². The van der Waals surface area contributed by atoms with Crippen LogP contribution in [0.2, 0.25) is 0 Å². The van der Waals surface area contributed by atoms with Gasteiger partial charge in [-0.05, 0) is 28.4 Å². The fourth-order valence-electron chi connectivity index (χ4n) is 2.56. The van der Waals surface area contributed by atoms with Gasteiger partial charge in [0, 0.05) is 12.0 Å². The molecule has 0 bridgehead atoms. The lowest BCUT2D eigenvalue weighted by Crippen LogP contribution is -2.22. The third-order valence-electron chi connectivity index (χ3n) is 3.65. The van der Waals surface area contributed by atoms with Crippen LogP contribution in [0.1, 0.15) is 64.7 Å². The number of methoxy groups -OCH3 is 1. The number of hydrogen-bond acceptors (Lipinski definition) is 3. The fraction of sp³-hybridized carbons (Fsp3) is 0.611. The third-order valence-corrected chi connectivity index (χ3v) is 3.65. The Bertz CT molecular complexity index is 516. The van der Waals surface area contributed by atoms with Crippen LogP contribution in [0.4, 0.5) is 0 Å². The molecule has 0 saturated heterocycles. The number of benzene rings is 1. The lowest BCUT2D eigenvalue weighted by atomic mass is 9.74. The van der Waals surface area contributed by atoms with Crippen LogP contribution in [0.15, 0.2) is 12.1 Å². The molecule has 0 radical (unpaired) electrons. The summed E-state index contributed by atoms with van der Waals surface area (Å²) in [6.07, 6.45) is 0.772. The van der Waals surface area contributed by atoms with E-state index in [-0.39, 0.29) is 23.2 Å². The molecule has 0 amide bonds. The van der Waals surface area contributed by atoms with Gasteiger partial charge in [-0.25, -0.2) is 0 Å². The highest BCUT2D eigenvalue weighted by Crippen LogP contribution is 2.41. The van der Waals surface area contributed by atoms with Crippen molar-refractivity contribution in [2.24, 2.45) is 0 Å². The summed E-state index contributed by atoms with van der Waals surface area (Å²) in [5.41, 5.74) is 2.72. The van der Waals surface area contributed by atoms with Gasteiger partial charge < -0.3 is 9.84 Å². The highest BCUT2D eigenvalue weighted by atomic mass is 16.5. The number of phenolic OH excluding ortho intramolecular Hbond substituents is 1. The molecule has 0 saturated carbocycles. The van der Waals surface area contributed by atoms with Gasteiger partial charge in [0.05, 0.1) is 7.11 Å². The molecule has 3 heteroatoms. The number of hydrogen-bond donors (Lipinski definition) is 1. The second kappa shape index (κ2) is 6.08. The Morgan fingerprint density at radius 3 is 2.10 bits per heavy atom. The Morgan fingerprint density at radius 2 is 1.67 bits per heavy atom. The molecule has 0 aliphatic rings. The number of aryl methyl sites for hydroxylation is 1. The molecule has 1 aromatic carbocycles. The smallest absolute Gasteiger partial charge is 0.305 e. The number of esters is 1. The molecule has 0 heterocycles. The monoisotopic (exact) mass is 292 g/mol. The summed E-state index contributed by atoms with van der Waals surface area (Å²) in [6.45, 7) is 12.7. The van der Waals surface area contributed by atoms with Gasteiger partial charge in [-0.15, -0.1) is 0 Å². The number of ether oxygens (including phenoxy) is 1. The summed E-state index contributed by atoms with van der Waals surface area (Å²) < 4.78 is 4.67. The summed E-state index contributed by atoms with van der Waals surface area (Å²) >= 11 is 0. The van der Waals surface area contributed by atoms with Crippen molar-refractivity contribution in [1.82, 2.24) is 0 Å². The average molecular weight is 292 g/mol. The lowest BCUT2D eigenvalue weighted by Gasteiger charge is -2.31. The third kappa shape index (κ3) is 4.23. The van der Waals surface area contributed by atoms with Crippen LogP contribution in [0, 0.1) is 0 Å². The largest absolute Gasteiger partial charge is 0.507 e. The molecular formula is C18H28O3. The second-order valence-electron chi connectivity index (χ2n) is 7.57. The van der Waals surface area contributed by atoms with E-state index in [0.717, 1.165) is 16.7 Å². The van der Waals surface area contributed by atoms with Crippen molar-refractivity contribution in [2.75, 3.05) is 7.11 Å². The molecule has 118 valence electrons. The number of phenols is 1. The summed E-state index contributed by atoms with van der Waals surface area (Å²) in [4.78, 5) is 11.3. The van der Waals surface area contributed by atoms with Crippen molar-refractivity contribution in [3.05, 3.63) is 28.8 Å². The normalized spacial score (nSPS) is 12.3. The Kier molecular flexibility index (Phi) is 5.08. The first-order chi connectivity index (χ1) is 9.48. The van der Waals surface area contributed by atoms with E-state index in [1.54, 1.807) is 0 Å². The molecule has 0 fully saturated rings. The Balaban J connectivity index is 3.32. The van der Waals surface area contributed by atoms with Crippen molar-refractivity contribution in [3.63, 3.8) is 0 Å². The standard InChI is InChI=1S/C18H28O3/c1-17(2,3)13-10-8-12(9-11-14(19)21-7)16(20)15(13)18(4,5)6/h8,10,20H,9,11H2,1-7H3. The zero-order valence-corrected chi connectivity index (χ0v) is 14.3. The van der Waals surface area contributed by atoms with Crippen molar-refractivity contribution in [2.45, 2.75) is 65.2 Å². The maximum atomic E-state index is 11.3. The Hall–Kier alpha value is -1.51. The molecule has 3 nitrogen and oxygen atoms in total. The lowest BCUT2D eigenvalue weighted by molar-refractivity contribution is -0.140. The zero-order valence-electron chi connectivity index (χ0n) is 14.3. The molecule has 1 N–H and O–H groups in total. The van der Waals surface area contributed by atoms with Crippen LogP contribution < -0.4 is 0 Å². The van der Waals surface area contributed by atoms with Gasteiger partial charge in [0.15, 0.2) is 0 Å². The van der Waals surface area contributed by atoms with E-state index in [9.17, 15) is 9.90 Å². The first-order valence-corrected chi connectivity index (χ1v) is 7.41. The molecule has 0 aromatic heterocycles. The first kappa shape index (κ1) is 17.5. The highest BCUT2D eigenvalue weighted by Gasteiger charge is 2.29. The summed E-state index contributed by atoms with van der Waals surface area (Å²) in [7, 11) is 1.38. The molecule has 0 aliphatic carbocycles. The molecule has 1 rings (SSSR count). The fourth-order valence-corrected chi connectivity index (χ4v) is 2.56. The van der Waals surface area contributed by atoms with Crippen molar-refractivity contribution in [1.29, 1.82) is 0 Å². The minimum absolute atomic E-state index is 0.0407. The second-order valence-corrected chi connectivity index (χ2v) is 7.57. The van der Waals surface area contributed by atoms with Gasteiger partial charge in [-0.3, -0.25) is 4.79 Å². The Morgan fingerprint density at radius 1 is 1.10 bits per heavy atom. The SMILES string of the molecule is COC(=O)CCc1ccc(C(C)(C)C)c(C(C)(C)C)c1O. The number of carbonyl (C=O) groups excluding carboxylic acids is 1. The molecular weight excluding hydrogens is 264 g/mol. The van der Waals surface area contributed by atoms with Crippen molar-refractivity contribution < 1.29 is 14.6 Å². The van der Waals surface area contributed by atoms with Crippen molar-refractivity contribution >= 4 is 5.97 Å². The minimum atomic E-state index is -0.258. The van der Waals surface area contributed by atoms with E-state index in [1.807, 2.05) is 6.07 Å². The maximum Gasteiger partial charge on any atom is 0.305 e. The summed E-state index contributed by atoms with van der Waals surface area (Å²) in [5.74, 6) is 0.0606. The maximum absolute atomic E-state index is 11.3. The molecule has 0 unspecified atom stereocenters. The number of rotatable bonds is 3. The molecule has 1 aromatic rings. The van der Waals surface area contributed by atoms with Crippen LogP contribution in [0.3, 0.4) is 0 Å². The first-order valence-electron chi connectivity index (χ1n) is 7.41. The molecule has 0 spiro atoms. The zero-order chi connectivity index (χ0) is 16.4. The van der Waals surface area contributed by atoms with Crippen LogP contribution in [-0.4, -0.2) is 18.2 Å². The van der Waals surface area contributed by atoms with Crippen LogP contribution in [0.25, 0.3) is 0 Å². The van der Waals surface area contributed by atoms with Gasteiger partial charge >= 0.3 is 5.97 Å². The highest BCUT2D eigenvalue weighted by molar-refractivity contribution is 5.69. The van der Waals surface area contributed by atoms with E-state index in [2.05, 4.69) is 52.3 Å². The molecule has 0 aliphatic heterocycles. The predicted molar refractivity (Wildman–Crippen MR) is 85.8 cm³/mol. The topological polar surface area (TPSA) is 46.5 Å². The van der Waals surface area contributed by atoms with E-state index >= 15 is 0 Å². The summed E-state index contributed by atoms with van der Waals surface area (Å²) in [6, 6.07) is 4.00. The van der Waals surface area contributed by atoms with Crippen LogP contribution in [-0.2, 0) is 26.8 Å². The van der Waals surface area contributed by atoms with Crippen molar-refractivity contribution in [3.8, 4) is 5.75 Å². The van der Waals surface area contributed by atoms with Gasteiger partial charge in [-0.1, -0.05) is 53.7 Å². The van der Waals surface area contributed by atoms with Gasteiger partial charge in [0.1, 0.15) is 5.75 Å².